The van der Waals surface area contributed by atoms with Gasteiger partial charge in [-0.3, -0.25) is 10.1 Å². The number of aromatic nitrogens is 1. The predicted octanol–water partition coefficient (Wildman–Crippen LogP) is 5.99. The first kappa shape index (κ1) is 19.0. The molecular weight excluding hydrogens is 404 g/mol. The Kier molecular flexibility index (Phi) is 5.20. The number of nitro groups is 1. The summed E-state index contributed by atoms with van der Waals surface area (Å²) in [6.07, 6.45) is 0. The van der Waals surface area contributed by atoms with Crippen LogP contribution in [0.3, 0.4) is 0 Å². The first-order valence-corrected chi connectivity index (χ1v) is 10.0. The monoisotopic (exact) mass is 420 g/mol. The quantitative estimate of drug-likeness (QED) is 0.240. The molecule has 0 bridgehead atoms. The van der Waals surface area contributed by atoms with Crippen molar-refractivity contribution in [2.75, 3.05) is 10.6 Å². The Morgan fingerprint density at radius 3 is 2.55 bits per heavy atom. The number of benzene rings is 3. The third-order valence-electron chi connectivity index (χ3n) is 4.25. The zero-order valence-electron chi connectivity index (χ0n) is 15.4. The van der Waals surface area contributed by atoms with E-state index in [2.05, 4.69) is 29.7 Å². The van der Waals surface area contributed by atoms with Crippen molar-refractivity contribution in [1.29, 1.82) is 0 Å². The van der Waals surface area contributed by atoms with E-state index in [1.165, 1.54) is 22.4 Å². The molecule has 8 heteroatoms. The summed E-state index contributed by atoms with van der Waals surface area (Å²) >= 11 is 6.97. The van der Waals surface area contributed by atoms with Gasteiger partial charge in [0.2, 0.25) is 0 Å². The maximum Gasteiger partial charge on any atom is 0.271 e. The molecule has 29 heavy (non-hydrogen) atoms. The van der Waals surface area contributed by atoms with Crippen molar-refractivity contribution in [3.05, 3.63) is 82.4 Å². The molecule has 2 N–H and O–H groups in total. The average molecular weight is 421 g/mol. The van der Waals surface area contributed by atoms with E-state index in [1.807, 2.05) is 30.3 Å². The molecule has 1 heterocycles. The summed E-state index contributed by atoms with van der Waals surface area (Å²) in [5.41, 5.74) is 4.63. The number of anilines is 2. The molecule has 0 saturated heterocycles. The zero-order chi connectivity index (χ0) is 20.4. The van der Waals surface area contributed by atoms with Crippen LogP contribution in [0.1, 0.15) is 5.56 Å². The molecule has 0 amide bonds. The maximum absolute atomic E-state index is 10.9. The number of nitrogens with zero attached hydrogens (tertiary/aromatic N) is 2. The van der Waals surface area contributed by atoms with Crippen molar-refractivity contribution in [2.24, 2.45) is 0 Å². The lowest BCUT2D eigenvalue weighted by Crippen LogP contribution is -2.19. The molecule has 0 spiro atoms. The van der Waals surface area contributed by atoms with Crippen LogP contribution in [0.15, 0.2) is 66.7 Å². The highest BCUT2D eigenvalue weighted by Crippen LogP contribution is 2.31. The van der Waals surface area contributed by atoms with E-state index in [9.17, 15) is 10.1 Å². The standard InChI is InChI=1S/C21H16N4O2S2/c1-13-5-10-18-19(11-13)29-20(24-18)14-6-8-15(9-7-14)22-21(28)23-16-3-2-4-17(12-16)25(26)27/h2-12H,1H3,(H2,22,23,28). The fraction of sp³-hybridized carbons (Fsp3) is 0.0476. The van der Waals surface area contributed by atoms with E-state index in [0.717, 1.165) is 21.8 Å². The van der Waals surface area contributed by atoms with Gasteiger partial charge in [-0.15, -0.1) is 11.3 Å². The molecule has 0 atom stereocenters. The SMILES string of the molecule is Cc1ccc2nc(-c3ccc(NC(=S)Nc4cccc([N+](=O)[O-])c4)cc3)sc2c1. The molecular formula is C21H16N4O2S2. The molecule has 144 valence electrons. The molecule has 4 rings (SSSR count). The summed E-state index contributed by atoms with van der Waals surface area (Å²) in [5, 5.41) is 18.2. The minimum atomic E-state index is -0.441. The number of aryl methyl sites for hydroxylation is 1. The summed E-state index contributed by atoms with van der Waals surface area (Å²) in [5.74, 6) is 0. The Hall–Kier alpha value is -3.36. The van der Waals surface area contributed by atoms with E-state index in [1.54, 1.807) is 23.5 Å². The van der Waals surface area contributed by atoms with Crippen LogP contribution in [-0.2, 0) is 0 Å². The van der Waals surface area contributed by atoms with Gasteiger partial charge in [0.15, 0.2) is 5.11 Å². The number of hydrogen-bond acceptors (Lipinski definition) is 5. The van der Waals surface area contributed by atoms with E-state index >= 15 is 0 Å². The Labute approximate surface area is 176 Å². The molecule has 3 aromatic carbocycles. The van der Waals surface area contributed by atoms with Crippen molar-refractivity contribution in [2.45, 2.75) is 6.92 Å². The highest BCUT2D eigenvalue weighted by Gasteiger charge is 2.08. The molecule has 0 aliphatic heterocycles. The van der Waals surface area contributed by atoms with Gasteiger partial charge in [-0.1, -0.05) is 12.1 Å². The van der Waals surface area contributed by atoms with Gasteiger partial charge in [0.1, 0.15) is 5.01 Å². The second-order valence-electron chi connectivity index (χ2n) is 6.45. The molecule has 0 radical (unpaired) electrons. The lowest BCUT2D eigenvalue weighted by Gasteiger charge is -2.10. The predicted molar refractivity (Wildman–Crippen MR) is 123 cm³/mol. The molecule has 0 aliphatic carbocycles. The third kappa shape index (κ3) is 4.39. The molecule has 0 aliphatic rings. The minimum Gasteiger partial charge on any atom is -0.332 e. The second kappa shape index (κ2) is 7.94. The number of non-ortho nitro benzene ring substituents is 1. The molecule has 0 unspecified atom stereocenters. The van der Waals surface area contributed by atoms with Crippen molar-refractivity contribution in [3.8, 4) is 10.6 Å². The summed E-state index contributed by atoms with van der Waals surface area (Å²) in [4.78, 5) is 15.1. The fourth-order valence-electron chi connectivity index (χ4n) is 2.84. The number of thiazole rings is 1. The van der Waals surface area contributed by atoms with Crippen LogP contribution in [0.4, 0.5) is 17.1 Å². The third-order valence-corrected chi connectivity index (χ3v) is 5.52. The fourth-order valence-corrected chi connectivity index (χ4v) is 4.15. The van der Waals surface area contributed by atoms with Gasteiger partial charge in [0.05, 0.1) is 15.1 Å². The Balaban J connectivity index is 1.45. The van der Waals surface area contributed by atoms with Crippen molar-refractivity contribution in [3.63, 3.8) is 0 Å². The van der Waals surface area contributed by atoms with E-state index < -0.39 is 4.92 Å². The summed E-state index contributed by atoms with van der Waals surface area (Å²) in [6.45, 7) is 2.07. The van der Waals surface area contributed by atoms with Crippen LogP contribution < -0.4 is 10.6 Å². The van der Waals surface area contributed by atoms with E-state index in [4.69, 9.17) is 17.2 Å². The van der Waals surface area contributed by atoms with Gasteiger partial charge in [0, 0.05) is 29.1 Å². The smallest absolute Gasteiger partial charge is 0.271 e. The molecule has 0 fully saturated rings. The Bertz CT molecular complexity index is 1220. The van der Waals surface area contributed by atoms with E-state index in [0.29, 0.717) is 10.8 Å². The number of nitro benzene ring substituents is 1. The molecule has 0 saturated carbocycles. The average Bonchev–Trinajstić information content (AvgIpc) is 3.11. The van der Waals surface area contributed by atoms with Gasteiger partial charge in [0.25, 0.3) is 5.69 Å². The lowest BCUT2D eigenvalue weighted by atomic mass is 10.2. The van der Waals surface area contributed by atoms with Crippen LogP contribution in [-0.4, -0.2) is 15.0 Å². The van der Waals surface area contributed by atoms with Crippen LogP contribution in [0.2, 0.25) is 0 Å². The van der Waals surface area contributed by atoms with Crippen LogP contribution >= 0.6 is 23.6 Å². The number of nitrogens with one attached hydrogen (secondary N) is 2. The highest BCUT2D eigenvalue weighted by molar-refractivity contribution is 7.80. The van der Waals surface area contributed by atoms with Crippen molar-refractivity contribution in [1.82, 2.24) is 4.98 Å². The summed E-state index contributed by atoms with van der Waals surface area (Å²) in [7, 11) is 0. The van der Waals surface area contributed by atoms with Gasteiger partial charge < -0.3 is 10.6 Å². The topological polar surface area (TPSA) is 80.1 Å². The molecule has 6 nitrogen and oxygen atoms in total. The van der Waals surface area contributed by atoms with Gasteiger partial charge in [-0.2, -0.15) is 0 Å². The van der Waals surface area contributed by atoms with Crippen molar-refractivity contribution >= 4 is 55.9 Å². The van der Waals surface area contributed by atoms with Crippen LogP contribution in [0.5, 0.6) is 0 Å². The van der Waals surface area contributed by atoms with E-state index in [-0.39, 0.29) is 5.69 Å². The second-order valence-corrected chi connectivity index (χ2v) is 7.89. The number of rotatable bonds is 4. The largest absolute Gasteiger partial charge is 0.332 e. The Morgan fingerprint density at radius 1 is 1.03 bits per heavy atom. The first-order valence-electron chi connectivity index (χ1n) is 8.78. The van der Waals surface area contributed by atoms with Gasteiger partial charge in [-0.05, 0) is 67.2 Å². The number of hydrogen-bond donors (Lipinski definition) is 2. The van der Waals surface area contributed by atoms with Crippen molar-refractivity contribution < 1.29 is 4.92 Å². The summed E-state index contributed by atoms with van der Waals surface area (Å²) < 4.78 is 1.17. The zero-order valence-corrected chi connectivity index (χ0v) is 17.0. The minimum absolute atomic E-state index is 0.00758. The molecule has 1 aromatic heterocycles. The maximum atomic E-state index is 10.9. The first-order chi connectivity index (χ1) is 14.0. The highest BCUT2D eigenvalue weighted by atomic mass is 32.1. The number of fused-ring (bicyclic) bond motifs is 1. The van der Waals surface area contributed by atoms with Crippen LogP contribution in [0, 0.1) is 17.0 Å². The normalized spacial score (nSPS) is 10.7. The summed E-state index contributed by atoms with van der Waals surface area (Å²) in [6, 6.07) is 20.3. The lowest BCUT2D eigenvalue weighted by molar-refractivity contribution is -0.384. The van der Waals surface area contributed by atoms with Gasteiger partial charge in [-0.25, -0.2) is 4.98 Å². The number of thiocarbonyl (C=S) groups is 1. The Morgan fingerprint density at radius 2 is 1.79 bits per heavy atom. The molecule has 4 aromatic rings. The van der Waals surface area contributed by atoms with Gasteiger partial charge >= 0.3 is 0 Å². The van der Waals surface area contributed by atoms with Crippen LogP contribution in [0.25, 0.3) is 20.8 Å².